The van der Waals surface area contributed by atoms with Crippen LogP contribution in [0, 0.1) is 0 Å². The minimum Gasteiger partial charge on any atom is -0.338 e. The number of benzene rings is 1. The second kappa shape index (κ2) is 9.43. The molecule has 0 saturated heterocycles. The summed E-state index contributed by atoms with van der Waals surface area (Å²) in [6, 6.07) is 12.3. The third-order valence-electron chi connectivity index (χ3n) is 4.94. The number of hydrogen-bond acceptors (Lipinski definition) is 7. The van der Waals surface area contributed by atoms with Crippen LogP contribution in [0.3, 0.4) is 0 Å². The Morgan fingerprint density at radius 1 is 1.06 bits per heavy atom. The molecule has 1 aromatic carbocycles. The van der Waals surface area contributed by atoms with Crippen molar-refractivity contribution in [2.24, 2.45) is 0 Å². The number of rotatable bonds is 8. The van der Waals surface area contributed by atoms with Gasteiger partial charge in [0.2, 0.25) is 5.89 Å². The van der Waals surface area contributed by atoms with E-state index in [1.165, 1.54) is 5.56 Å². The molecule has 160 valence electrons. The van der Waals surface area contributed by atoms with Crippen molar-refractivity contribution in [1.82, 2.24) is 29.9 Å². The monoisotopic (exact) mass is 434 g/mol. The second-order valence-corrected chi connectivity index (χ2v) is 8.96. The predicted molar refractivity (Wildman–Crippen MR) is 121 cm³/mol. The SMILES string of the molecule is CCCc1noc(C(C)Sc2nnc(-c3cccnc3)n2-c2ccccc2C(C)C)n1. The summed E-state index contributed by atoms with van der Waals surface area (Å²) in [6.07, 6.45) is 5.36. The number of nitrogens with zero attached hydrogens (tertiary/aromatic N) is 6. The first kappa shape index (κ1) is 21.2. The van der Waals surface area contributed by atoms with Crippen molar-refractivity contribution in [1.29, 1.82) is 0 Å². The first-order valence-corrected chi connectivity index (χ1v) is 11.4. The minimum absolute atomic E-state index is 0.0611. The third-order valence-corrected chi connectivity index (χ3v) is 5.97. The third kappa shape index (κ3) is 4.54. The molecule has 0 aliphatic rings. The molecule has 0 aliphatic carbocycles. The average molecular weight is 435 g/mol. The van der Waals surface area contributed by atoms with E-state index in [1.807, 2.05) is 31.3 Å². The molecule has 4 rings (SSSR count). The Labute approximate surface area is 186 Å². The molecule has 8 heteroatoms. The van der Waals surface area contributed by atoms with E-state index in [9.17, 15) is 0 Å². The Kier molecular flexibility index (Phi) is 6.46. The topological polar surface area (TPSA) is 82.5 Å². The number of pyridine rings is 1. The van der Waals surface area contributed by atoms with E-state index in [0.717, 1.165) is 40.9 Å². The van der Waals surface area contributed by atoms with Crippen molar-refractivity contribution < 1.29 is 4.52 Å². The van der Waals surface area contributed by atoms with Gasteiger partial charge < -0.3 is 4.52 Å². The Morgan fingerprint density at radius 3 is 2.65 bits per heavy atom. The van der Waals surface area contributed by atoms with Gasteiger partial charge in [-0.3, -0.25) is 9.55 Å². The maximum absolute atomic E-state index is 5.50. The molecule has 0 N–H and O–H groups in total. The molecule has 4 aromatic rings. The fourth-order valence-corrected chi connectivity index (χ4v) is 4.28. The van der Waals surface area contributed by atoms with E-state index in [-0.39, 0.29) is 5.25 Å². The normalized spacial score (nSPS) is 12.4. The minimum atomic E-state index is -0.0611. The Balaban J connectivity index is 1.77. The maximum atomic E-state index is 5.50. The molecule has 3 aromatic heterocycles. The zero-order valence-electron chi connectivity index (χ0n) is 18.2. The zero-order chi connectivity index (χ0) is 21.8. The van der Waals surface area contributed by atoms with Crippen molar-refractivity contribution in [3.05, 3.63) is 66.1 Å². The van der Waals surface area contributed by atoms with Crippen molar-refractivity contribution >= 4 is 11.8 Å². The smallest absolute Gasteiger partial charge is 0.239 e. The molecule has 7 nitrogen and oxygen atoms in total. The van der Waals surface area contributed by atoms with E-state index in [2.05, 4.69) is 68.9 Å². The van der Waals surface area contributed by atoms with Crippen LogP contribution in [0.5, 0.6) is 0 Å². The van der Waals surface area contributed by atoms with Crippen molar-refractivity contribution in [2.45, 2.75) is 56.9 Å². The van der Waals surface area contributed by atoms with Crippen LogP contribution in [0.2, 0.25) is 0 Å². The van der Waals surface area contributed by atoms with Gasteiger partial charge in [0.1, 0.15) is 0 Å². The van der Waals surface area contributed by atoms with Gasteiger partial charge in [0.05, 0.1) is 10.9 Å². The average Bonchev–Trinajstić information content (AvgIpc) is 3.42. The lowest BCUT2D eigenvalue weighted by Gasteiger charge is -2.17. The lowest BCUT2D eigenvalue weighted by Crippen LogP contribution is -2.05. The molecular weight excluding hydrogens is 408 g/mol. The van der Waals surface area contributed by atoms with Gasteiger partial charge in [0, 0.05) is 24.4 Å². The molecule has 0 fully saturated rings. The van der Waals surface area contributed by atoms with Crippen LogP contribution >= 0.6 is 11.8 Å². The molecule has 0 saturated carbocycles. The van der Waals surface area contributed by atoms with Gasteiger partial charge in [-0.05, 0) is 43.0 Å². The molecule has 31 heavy (non-hydrogen) atoms. The van der Waals surface area contributed by atoms with E-state index >= 15 is 0 Å². The number of thioether (sulfide) groups is 1. The number of para-hydroxylation sites is 1. The quantitative estimate of drug-likeness (QED) is 0.332. The van der Waals surface area contributed by atoms with Crippen LogP contribution in [0.1, 0.15) is 62.6 Å². The largest absolute Gasteiger partial charge is 0.338 e. The van der Waals surface area contributed by atoms with Gasteiger partial charge in [-0.15, -0.1) is 10.2 Å². The molecule has 0 radical (unpaired) electrons. The molecule has 0 aliphatic heterocycles. The highest BCUT2D eigenvalue weighted by molar-refractivity contribution is 7.99. The Bertz CT molecular complexity index is 1140. The summed E-state index contributed by atoms with van der Waals surface area (Å²) in [5, 5.41) is 13.9. The molecular formula is C23H26N6OS. The molecule has 1 unspecified atom stereocenters. The highest BCUT2D eigenvalue weighted by Crippen LogP contribution is 2.37. The summed E-state index contributed by atoms with van der Waals surface area (Å²) in [5.41, 5.74) is 3.20. The highest BCUT2D eigenvalue weighted by Gasteiger charge is 2.23. The van der Waals surface area contributed by atoms with Crippen LogP contribution in [0.4, 0.5) is 0 Å². The van der Waals surface area contributed by atoms with Crippen LogP contribution in [-0.4, -0.2) is 29.9 Å². The van der Waals surface area contributed by atoms with Crippen molar-refractivity contribution in [2.75, 3.05) is 0 Å². The predicted octanol–water partition coefficient (Wildman–Crippen LogP) is 5.64. The summed E-state index contributed by atoms with van der Waals surface area (Å²) in [6.45, 7) is 8.53. The summed E-state index contributed by atoms with van der Waals surface area (Å²) in [4.78, 5) is 8.81. The number of aryl methyl sites for hydroxylation is 1. The van der Waals surface area contributed by atoms with Gasteiger partial charge in [-0.25, -0.2) is 0 Å². The summed E-state index contributed by atoms with van der Waals surface area (Å²) < 4.78 is 7.61. The maximum Gasteiger partial charge on any atom is 0.239 e. The second-order valence-electron chi connectivity index (χ2n) is 7.66. The molecule has 0 amide bonds. The number of hydrogen-bond donors (Lipinski definition) is 0. The van der Waals surface area contributed by atoms with Gasteiger partial charge in [0.25, 0.3) is 0 Å². The van der Waals surface area contributed by atoms with Crippen LogP contribution in [-0.2, 0) is 6.42 Å². The van der Waals surface area contributed by atoms with E-state index in [1.54, 1.807) is 18.0 Å². The zero-order valence-corrected chi connectivity index (χ0v) is 19.0. The molecule has 0 spiro atoms. The first-order chi connectivity index (χ1) is 15.1. The summed E-state index contributed by atoms with van der Waals surface area (Å²) in [5.74, 6) is 2.45. The standard InChI is InChI=1S/C23H26N6OS/c1-5-9-20-25-22(30-28-20)16(4)31-23-27-26-21(17-10-8-13-24-14-17)29(23)19-12-7-6-11-18(19)15(2)3/h6-8,10-16H,5,9H2,1-4H3. The van der Waals surface area contributed by atoms with Crippen LogP contribution in [0.25, 0.3) is 17.1 Å². The van der Waals surface area contributed by atoms with Gasteiger partial charge in [0.15, 0.2) is 16.8 Å². The van der Waals surface area contributed by atoms with E-state index in [0.29, 0.717) is 11.8 Å². The van der Waals surface area contributed by atoms with Gasteiger partial charge >= 0.3 is 0 Å². The van der Waals surface area contributed by atoms with E-state index < -0.39 is 0 Å². The molecule has 0 bridgehead atoms. The van der Waals surface area contributed by atoms with Gasteiger partial charge in [-0.1, -0.05) is 55.9 Å². The van der Waals surface area contributed by atoms with Crippen molar-refractivity contribution in [3.8, 4) is 17.1 Å². The fraction of sp³-hybridized carbons (Fsp3) is 0.348. The van der Waals surface area contributed by atoms with Gasteiger partial charge in [-0.2, -0.15) is 4.98 Å². The highest BCUT2D eigenvalue weighted by atomic mass is 32.2. The first-order valence-electron chi connectivity index (χ1n) is 10.5. The fourth-order valence-electron chi connectivity index (χ4n) is 3.39. The van der Waals surface area contributed by atoms with Crippen LogP contribution < -0.4 is 0 Å². The molecule has 3 heterocycles. The lowest BCUT2D eigenvalue weighted by atomic mass is 10.0. The summed E-state index contributed by atoms with van der Waals surface area (Å²) >= 11 is 1.56. The number of aromatic nitrogens is 6. The summed E-state index contributed by atoms with van der Waals surface area (Å²) in [7, 11) is 0. The lowest BCUT2D eigenvalue weighted by molar-refractivity contribution is 0.374. The van der Waals surface area contributed by atoms with Crippen molar-refractivity contribution in [3.63, 3.8) is 0 Å². The Hall–Kier alpha value is -3.00. The Morgan fingerprint density at radius 2 is 1.90 bits per heavy atom. The van der Waals surface area contributed by atoms with E-state index in [4.69, 9.17) is 4.52 Å². The van der Waals surface area contributed by atoms with Crippen LogP contribution in [0.15, 0.2) is 58.5 Å². The molecule has 1 atom stereocenters.